The lowest BCUT2D eigenvalue weighted by atomic mass is 10.2. The Labute approximate surface area is 124 Å². The molecule has 0 fully saturated rings. The van der Waals surface area contributed by atoms with Crippen molar-refractivity contribution in [3.63, 3.8) is 0 Å². The van der Waals surface area contributed by atoms with Crippen molar-refractivity contribution in [3.05, 3.63) is 30.1 Å². The van der Waals surface area contributed by atoms with Crippen LogP contribution in [0.25, 0.3) is 0 Å². The van der Waals surface area contributed by atoms with E-state index in [1.165, 1.54) is 0 Å². The van der Waals surface area contributed by atoms with Gasteiger partial charge in [-0.3, -0.25) is 4.68 Å². The quantitative estimate of drug-likeness (QED) is 0.886. The van der Waals surface area contributed by atoms with Crippen LogP contribution in [0.1, 0.15) is 18.7 Å². The monoisotopic (exact) mass is 291 g/mol. The molecule has 1 atom stereocenters. The van der Waals surface area contributed by atoms with E-state index in [4.69, 9.17) is 14.2 Å². The number of hydrogen-bond acceptors (Lipinski definition) is 5. The molecule has 0 saturated heterocycles. The van der Waals surface area contributed by atoms with Crippen molar-refractivity contribution in [2.45, 2.75) is 13.0 Å². The van der Waals surface area contributed by atoms with E-state index in [0.29, 0.717) is 17.2 Å². The molecule has 1 unspecified atom stereocenters. The van der Waals surface area contributed by atoms with Crippen LogP contribution < -0.4 is 19.5 Å². The van der Waals surface area contributed by atoms with Gasteiger partial charge in [-0.05, 0) is 13.0 Å². The van der Waals surface area contributed by atoms with Crippen molar-refractivity contribution in [1.82, 2.24) is 9.78 Å². The number of methoxy groups -OCH3 is 3. The number of ether oxygens (including phenoxy) is 3. The van der Waals surface area contributed by atoms with Gasteiger partial charge in [-0.25, -0.2) is 0 Å². The molecule has 0 saturated carbocycles. The van der Waals surface area contributed by atoms with E-state index in [1.54, 1.807) is 27.5 Å². The first-order valence-electron chi connectivity index (χ1n) is 6.65. The first kappa shape index (κ1) is 15.0. The molecular weight excluding hydrogens is 270 g/mol. The zero-order valence-electron chi connectivity index (χ0n) is 13.0. The minimum atomic E-state index is 0.0975. The van der Waals surface area contributed by atoms with Crippen LogP contribution >= 0.6 is 0 Å². The molecule has 2 aromatic rings. The highest BCUT2D eigenvalue weighted by atomic mass is 16.5. The summed E-state index contributed by atoms with van der Waals surface area (Å²) in [5.41, 5.74) is 1.97. The third kappa shape index (κ3) is 3.04. The smallest absolute Gasteiger partial charge is 0.203 e. The summed E-state index contributed by atoms with van der Waals surface area (Å²) < 4.78 is 17.9. The number of aromatic nitrogens is 2. The van der Waals surface area contributed by atoms with Crippen LogP contribution in [0, 0.1) is 0 Å². The predicted octanol–water partition coefficient (Wildman–Crippen LogP) is 2.62. The minimum Gasteiger partial charge on any atom is -0.493 e. The maximum Gasteiger partial charge on any atom is 0.203 e. The summed E-state index contributed by atoms with van der Waals surface area (Å²) >= 11 is 0. The van der Waals surface area contributed by atoms with Crippen molar-refractivity contribution in [1.29, 1.82) is 0 Å². The van der Waals surface area contributed by atoms with Crippen LogP contribution in [-0.2, 0) is 7.05 Å². The fourth-order valence-electron chi connectivity index (χ4n) is 2.30. The van der Waals surface area contributed by atoms with Gasteiger partial charge in [-0.2, -0.15) is 5.10 Å². The largest absolute Gasteiger partial charge is 0.493 e. The maximum atomic E-state index is 5.35. The lowest BCUT2D eigenvalue weighted by molar-refractivity contribution is 0.324. The molecule has 1 aromatic carbocycles. The standard InChI is InChI=1S/C15H21N3O3/c1-10(12-6-7-16-18(12)2)17-11-8-13(19-3)15(21-5)14(9-11)20-4/h6-10,17H,1-5H3. The van der Waals surface area contributed by atoms with Gasteiger partial charge in [0.05, 0.1) is 33.1 Å². The number of rotatable bonds is 6. The zero-order chi connectivity index (χ0) is 15.4. The fourth-order valence-corrected chi connectivity index (χ4v) is 2.30. The number of nitrogens with zero attached hydrogens (tertiary/aromatic N) is 2. The summed E-state index contributed by atoms with van der Waals surface area (Å²) in [7, 11) is 6.71. The number of hydrogen-bond donors (Lipinski definition) is 1. The van der Waals surface area contributed by atoms with Crippen LogP contribution in [0.4, 0.5) is 5.69 Å². The highest BCUT2D eigenvalue weighted by Gasteiger charge is 2.15. The highest BCUT2D eigenvalue weighted by molar-refractivity contribution is 5.63. The molecule has 2 rings (SSSR count). The molecule has 1 heterocycles. The third-order valence-electron chi connectivity index (χ3n) is 3.35. The second-order valence-electron chi connectivity index (χ2n) is 4.66. The van der Waals surface area contributed by atoms with E-state index in [1.807, 2.05) is 29.9 Å². The third-order valence-corrected chi connectivity index (χ3v) is 3.35. The van der Waals surface area contributed by atoms with Crippen LogP contribution in [0.5, 0.6) is 17.2 Å². The topological polar surface area (TPSA) is 57.5 Å². The second-order valence-corrected chi connectivity index (χ2v) is 4.66. The molecule has 0 aliphatic rings. The first-order valence-corrected chi connectivity index (χ1v) is 6.65. The van der Waals surface area contributed by atoms with Gasteiger partial charge in [0.2, 0.25) is 5.75 Å². The van der Waals surface area contributed by atoms with Crippen LogP contribution in [0.3, 0.4) is 0 Å². The summed E-state index contributed by atoms with van der Waals surface area (Å²) in [6.45, 7) is 2.07. The molecule has 0 radical (unpaired) electrons. The summed E-state index contributed by atoms with van der Waals surface area (Å²) in [6.07, 6.45) is 1.78. The van der Waals surface area contributed by atoms with Crippen LogP contribution in [-0.4, -0.2) is 31.1 Å². The molecule has 21 heavy (non-hydrogen) atoms. The average Bonchev–Trinajstić information content (AvgIpc) is 2.92. The highest BCUT2D eigenvalue weighted by Crippen LogP contribution is 2.40. The summed E-state index contributed by atoms with van der Waals surface area (Å²) in [5.74, 6) is 1.83. The molecule has 1 aromatic heterocycles. The van der Waals surface area contributed by atoms with E-state index >= 15 is 0 Å². The number of aryl methyl sites for hydroxylation is 1. The molecule has 0 spiro atoms. The van der Waals surface area contributed by atoms with E-state index in [2.05, 4.69) is 17.3 Å². The van der Waals surface area contributed by atoms with Gasteiger partial charge < -0.3 is 19.5 Å². The number of benzene rings is 1. The van der Waals surface area contributed by atoms with E-state index in [9.17, 15) is 0 Å². The normalized spacial score (nSPS) is 11.9. The Morgan fingerprint density at radius 1 is 1.10 bits per heavy atom. The van der Waals surface area contributed by atoms with Crippen molar-refractivity contribution >= 4 is 5.69 Å². The SMILES string of the molecule is COc1cc(NC(C)c2ccnn2C)cc(OC)c1OC. The first-order chi connectivity index (χ1) is 10.1. The average molecular weight is 291 g/mol. The van der Waals surface area contributed by atoms with Crippen molar-refractivity contribution in [3.8, 4) is 17.2 Å². The maximum absolute atomic E-state index is 5.35. The number of nitrogens with one attached hydrogen (secondary N) is 1. The molecule has 0 bridgehead atoms. The van der Waals surface area contributed by atoms with E-state index < -0.39 is 0 Å². The van der Waals surface area contributed by atoms with Gasteiger partial charge in [-0.15, -0.1) is 0 Å². The summed E-state index contributed by atoms with van der Waals surface area (Å²) in [4.78, 5) is 0. The Hall–Kier alpha value is -2.37. The minimum absolute atomic E-state index is 0.0975. The predicted molar refractivity (Wildman–Crippen MR) is 81.3 cm³/mol. The Balaban J connectivity index is 2.30. The lowest BCUT2D eigenvalue weighted by Crippen LogP contribution is -2.11. The molecule has 0 amide bonds. The van der Waals surface area contributed by atoms with Gasteiger partial charge in [0.25, 0.3) is 0 Å². The van der Waals surface area contributed by atoms with Gasteiger partial charge in [0, 0.05) is 31.1 Å². The molecule has 1 N–H and O–H groups in total. The molecule has 0 aliphatic heterocycles. The summed E-state index contributed by atoms with van der Waals surface area (Å²) in [5, 5.41) is 7.59. The number of anilines is 1. The Kier molecular flexibility index (Phi) is 4.57. The zero-order valence-corrected chi connectivity index (χ0v) is 13.0. The molecule has 6 heteroatoms. The van der Waals surface area contributed by atoms with Crippen LogP contribution in [0.15, 0.2) is 24.4 Å². The molecule has 0 aliphatic carbocycles. The van der Waals surface area contributed by atoms with Gasteiger partial charge >= 0.3 is 0 Å². The van der Waals surface area contributed by atoms with Crippen LogP contribution in [0.2, 0.25) is 0 Å². The molecular formula is C15H21N3O3. The molecule has 114 valence electrons. The summed E-state index contributed by atoms with van der Waals surface area (Å²) in [6, 6.07) is 5.85. The Morgan fingerprint density at radius 2 is 1.71 bits per heavy atom. The Morgan fingerprint density at radius 3 is 2.14 bits per heavy atom. The van der Waals surface area contributed by atoms with Crippen molar-refractivity contribution < 1.29 is 14.2 Å². The fraction of sp³-hybridized carbons (Fsp3) is 0.400. The van der Waals surface area contributed by atoms with Crippen molar-refractivity contribution in [2.75, 3.05) is 26.6 Å². The second kappa shape index (κ2) is 6.39. The van der Waals surface area contributed by atoms with E-state index in [0.717, 1.165) is 11.4 Å². The van der Waals surface area contributed by atoms with E-state index in [-0.39, 0.29) is 6.04 Å². The van der Waals surface area contributed by atoms with Gasteiger partial charge in [-0.1, -0.05) is 0 Å². The van der Waals surface area contributed by atoms with Gasteiger partial charge in [0.15, 0.2) is 11.5 Å². The van der Waals surface area contributed by atoms with Crippen molar-refractivity contribution in [2.24, 2.45) is 7.05 Å². The lowest BCUT2D eigenvalue weighted by Gasteiger charge is -2.19. The molecule has 6 nitrogen and oxygen atoms in total. The van der Waals surface area contributed by atoms with Gasteiger partial charge in [0.1, 0.15) is 0 Å². The Bertz CT molecular complexity index is 585.